The monoisotopic (exact) mass is 281 g/mol. The molecule has 1 N–H and O–H groups in total. The Bertz CT molecular complexity index is 546. The van der Waals surface area contributed by atoms with Crippen LogP contribution in [-0.4, -0.2) is 20.2 Å². The Hall–Kier alpha value is -0.520. The lowest BCUT2D eigenvalue weighted by atomic mass is 10.3. The maximum Gasteiger partial charge on any atom is 0.194 e. The highest BCUT2D eigenvalue weighted by atomic mass is 32.2. The first-order valence-corrected chi connectivity index (χ1v) is 8.09. The van der Waals surface area contributed by atoms with E-state index in [1.54, 1.807) is 11.3 Å². The zero-order chi connectivity index (χ0) is 12.8. The van der Waals surface area contributed by atoms with Gasteiger partial charge in [0, 0.05) is 28.9 Å². The molecule has 0 saturated heterocycles. The summed E-state index contributed by atoms with van der Waals surface area (Å²) in [7, 11) is 0. The van der Waals surface area contributed by atoms with Gasteiger partial charge in [-0.3, -0.25) is 4.40 Å². The molecule has 5 heteroatoms. The molecule has 1 fully saturated rings. The van der Waals surface area contributed by atoms with Crippen LogP contribution in [0, 0.1) is 0 Å². The van der Waals surface area contributed by atoms with Crippen LogP contribution in [0.2, 0.25) is 0 Å². The van der Waals surface area contributed by atoms with E-state index in [-0.39, 0.29) is 4.75 Å². The van der Waals surface area contributed by atoms with Crippen LogP contribution in [0.25, 0.3) is 4.96 Å². The topological polar surface area (TPSA) is 29.3 Å². The molecule has 0 spiro atoms. The molecule has 0 amide bonds. The quantitative estimate of drug-likeness (QED) is 0.869. The second-order valence-corrected chi connectivity index (χ2v) is 8.48. The maximum absolute atomic E-state index is 4.76. The molecule has 1 aliphatic carbocycles. The Morgan fingerprint density at radius 2 is 2.28 bits per heavy atom. The number of nitrogens with zero attached hydrogens (tertiary/aromatic N) is 2. The highest BCUT2D eigenvalue weighted by molar-refractivity contribution is 8.00. The highest BCUT2D eigenvalue weighted by Crippen LogP contribution is 2.35. The average molecular weight is 281 g/mol. The fourth-order valence-electron chi connectivity index (χ4n) is 1.87. The van der Waals surface area contributed by atoms with Crippen molar-refractivity contribution in [1.82, 2.24) is 14.7 Å². The number of hydrogen-bond donors (Lipinski definition) is 1. The molecular weight excluding hydrogens is 262 g/mol. The van der Waals surface area contributed by atoms with Crippen LogP contribution < -0.4 is 5.32 Å². The average Bonchev–Trinajstić information content (AvgIpc) is 2.87. The van der Waals surface area contributed by atoms with Crippen molar-refractivity contribution >= 4 is 28.1 Å². The van der Waals surface area contributed by atoms with Crippen LogP contribution in [-0.2, 0) is 6.54 Å². The molecule has 2 aromatic rings. The molecule has 1 saturated carbocycles. The van der Waals surface area contributed by atoms with Crippen molar-refractivity contribution < 1.29 is 0 Å². The van der Waals surface area contributed by atoms with Crippen molar-refractivity contribution in [2.45, 2.75) is 56.0 Å². The summed E-state index contributed by atoms with van der Waals surface area (Å²) in [5, 5.41) is 6.89. The number of nitrogens with one attached hydrogen (secondary N) is 1. The minimum atomic E-state index is 0.207. The van der Waals surface area contributed by atoms with Crippen molar-refractivity contribution in [3.05, 3.63) is 17.3 Å². The van der Waals surface area contributed by atoms with Gasteiger partial charge in [-0.2, -0.15) is 0 Å². The zero-order valence-electron chi connectivity index (χ0n) is 11.1. The third kappa shape index (κ3) is 2.73. The Balaban J connectivity index is 1.89. The fourth-order valence-corrected chi connectivity index (χ4v) is 3.66. The van der Waals surface area contributed by atoms with Gasteiger partial charge in [0.05, 0.1) is 5.69 Å². The molecule has 3 nitrogen and oxygen atoms in total. The summed E-state index contributed by atoms with van der Waals surface area (Å²) in [6.07, 6.45) is 4.78. The van der Waals surface area contributed by atoms with E-state index in [4.69, 9.17) is 4.98 Å². The number of imidazole rings is 1. The van der Waals surface area contributed by atoms with Gasteiger partial charge < -0.3 is 5.32 Å². The fraction of sp³-hybridized carbons (Fsp3) is 0.615. The molecule has 18 heavy (non-hydrogen) atoms. The third-order valence-electron chi connectivity index (χ3n) is 2.86. The van der Waals surface area contributed by atoms with E-state index in [0.29, 0.717) is 0 Å². The highest BCUT2D eigenvalue weighted by Gasteiger charge is 2.24. The first kappa shape index (κ1) is 12.5. The van der Waals surface area contributed by atoms with Crippen molar-refractivity contribution in [3.63, 3.8) is 0 Å². The first-order valence-electron chi connectivity index (χ1n) is 6.40. The summed E-state index contributed by atoms with van der Waals surface area (Å²) in [4.78, 5) is 5.87. The number of hydrogen-bond acceptors (Lipinski definition) is 4. The minimum absolute atomic E-state index is 0.207. The lowest BCUT2D eigenvalue weighted by Gasteiger charge is -2.16. The van der Waals surface area contributed by atoms with Gasteiger partial charge in [0.15, 0.2) is 4.96 Å². The molecule has 2 aromatic heterocycles. The molecular formula is C13H19N3S2. The normalized spacial score (nSPS) is 16.6. The number of thiazole rings is 1. The Labute approximate surface area is 116 Å². The van der Waals surface area contributed by atoms with Gasteiger partial charge in [0.25, 0.3) is 0 Å². The van der Waals surface area contributed by atoms with Gasteiger partial charge in [-0.25, -0.2) is 4.98 Å². The predicted octanol–water partition coefficient (Wildman–Crippen LogP) is 3.54. The molecule has 0 unspecified atom stereocenters. The largest absolute Gasteiger partial charge is 0.308 e. The molecule has 1 aliphatic rings. The molecule has 0 bridgehead atoms. The Morgan fingerprint density at radius 1 is 1.50 bits per heavy atom. The summed E-state index contributed by atoms with van der Waals surface area (Å²) in [6.45, 7) is 7.65. The molecule has 3 rings (SSSR count). The summed E-state index contributed by atoms with van der Waals surface area (Å²) < 4.78 is 2.44. The van der Waals surface area contributed by atoms with Crippen molar-refractivity contribution in [2.75, 3.05) is 0 Å². The summed E-state index contributed by atoms with van der Waals surface area (Å²) in [5.74, 6) is 0. The second-order valence-electron chi connectivity index (χ2n) is 5.79. The van der Waals surface area contributed by atoms with Crippen LogP contribution in [0.15, 0.2) is 16.6 Å². The smallest absolute Gasteiger partial charge is 0.194 e. The van der Waals surface area contributed by atoms with Gasteiger partial charge in [-0.1, -0.05) is 32.5 Å². The van der Waals surface area contributed by atoms with Crippen molar-refractivity contribution in [3.8, 4) is 0 Å². The van der Waals surface area contributed by atoms with E-state index in [0.717, 1.165) is 17.5 Å². The summed E-state index contributed by atoms with van der Waals surface area (Å²) >= 11 is 3.57. The Morgan fingerprint density at radius 3 is 2.94 bits per heavy atom. The van der Waals surface area contributed by atoms with Crippen molar-refractivity contribution in [1.29, 1.82) is 0 Å². The van der Waals surface area contributed by atoms with Crippen molar-refractivity contribution in [2.24, 2.45) is 0 Å². The predicted molar refractivity (Wildman–Crippen MR) is 78.5 cm³/mol. The van der Waals surface area contributed by atoms with Crippen LogP contribution in [0.1, 0.15) is 39.3 Å². The van der Waals surface area contributed by atoms with Crippen LogP contribution in [0.5, 0.6) is 0 Å². The van der Waals surface area contributed by atoms with Gasteiger partial charge in [-0.05, 0) is 12.8 Å². The van der Waals surface area contributed by atoms with E-state index in [1.165, 1.54) is 23.6 Å². The molecule has 2 heterocycles. The van der Waals surface area contributed by atoms with Gasteiger partial charge in [0.2, 0.25) is 0 Å². The molecule has 98 valence electrons. The van der Waals surface area contributed by atoms with Crippen LogP contribution in [0.4, 0.5) is 0 Å². The van der Waals surface area contributed by atoms with E-state index in [2.05, 4.69) is 42.1 Å². The van der Waals surface area contributed by atoms with Gasteiger partial charge in [-0.15, -0.1) is 11.3 Å². The summed E-state index contributed by atoms with van der Waals surface area (Å²) in [5.41, 5.74) is 1.32. The van der Waals surface area contributed by atoms with Crippen LogP contribution in [0.3, 0.4) is 0 Å². The van der Waals surface area contributed by atoms with Gasteiger partial charge in [0.1, 0.15) is 5.03 Å². The third-order valence-corrected chi connectivity index (χ3v) is 4.75. The lowest BCUT2D eigenvalue weighted by molar-refractivity contribution is 0.660. The lowest BCUT2D eigenvalue weighted by Crippen LogP contribution is -2.17. The number of aromatic nitrogens is 2. The van der Waals surface area contributed by atoms with E-state index >= 15 is 0 Å². The molecule has 0 aromatic carbocycles. The molecule has 0 aliphatic heterocycles. The minimum Gasteiger partial charge on any atom is -0.308 e. The first-order chi connectivity index (χ1) is 8.53. The van der Waals surface area contributed by atoms with E-state index < -0.39 is 0 Å². The van der Waals surface area contributed by atoms with Gasteiger partial charge >= 0.3 is 0 Å². The number of thioether (sulfide) groups is 1. The van der Waals surface area contributed by atoms with E-state index in [1.807, 2.05) is 11.8 Å². The van der Waals surface area contributed by atoms with Crippen LogP contribution >= 0.6 is 23.1 Å². The molecule has 0 atom stereocenters. The maximum atomic E-state index is 4.76. The molecule has 0 radical (unpaired) electrons. The standard InChI is InChI=1S/C13H19N3S2/c1-13(2,3)18-11-10(8-14-9-4-5-9)16-6-7-17-12(16)15-11/h6-7,9,14H,4-5,8H2,1-3H3. The SMILES string of the molecule is CC(C)(C)Sc1nc2sccn2c1CNC1CC1. The summed E-state index contributed by atoms with van der Waals surface area (Å²) in [6, 6.07) is 0.738. The zero-order valence-corrected chi connectivity index (χ0v) is 12.7. The Kier molecular flexibility index (Phi) is 3.16. The van der Waals surface area contributed by atoms with E-state index in [9.17, 15) is 0 Å². The number of fused-ring (bicyclic) bond motifs is 1. The second kappa shape index (κ2) is 4.54. The number of rotatable bonds is 4.